The molecule has 1 amide bonds. The molecule has 2 rings (SSSR count). The maximum atomic E-state index is 12.9. The van der Waals surface area contributed by atoms with E-state index in [1.54, 1.807) is 0 Å². The number of carbonyl (C=O) groups excluding carboxylic acids is 1. The summed E-state index contributed by atoms with van der Waals surface area (Å²) < 4.78 is 101. The van der Waals surface area contributed by atoms with Crippen LogP contribution in [0.2, 0.25) is 0 Å². The van der Waals surface area contributed by atoms with Crippen molar-refractivity contribution in [2.45, 2.75) is 12.4 Å². The van der Waals surface area contributed by atoms with Crippen LogP contribution < -0.4 is 10.0 Å². The van der Waals surface area contributed by atoms with Crippen LogP contribution in [-0.2, 0) is 27.2 Å². The van der Waals surface area contributed by atoms with Gasteiger partial charge in [-0.05, 0) is 42.0 Å². The van der Waals surface area contributed by atoms with E-state index >= 15 is 0 Å². The average Bonchev–Trinajstić information content (AvgIpc) is 2.59. The molecule has 0 aliphatic heterocycles. The fourth-order valence-electron chi connectivity index (χ4n) is 2.24. The topological polar surface area (TPSA) is 75.3 Å². The summed E-state index contributed by atoms with van der Waals surface area (Å²) in [6, 6.07) is 5.86. The van der Waals surface area contributed by atoms with Gasteiger partial charge in [-0.15, -0.1) is 0 Å². The second-order valence-electron chi connectivity index (χ2n) is 6.07. The molecule has 0 radical (unpaired) electrons. The van der Waals surface area contributed by atoms with E-state index in [1.807, 2.05) is 4.72 Å². The van der Waals surface area contributed by atoms with E-state index in [2.05, 4.69) is 5.32 Å². The van der Waals surface area contributed by atoms with Gasteiger partial charge in [-0.1, -0.05) is 12.1 Å². The number of nitrogens with one attached hydrogen (secondary N) is 2. The predicted molar refractivity (Wildman–Crippen MR) is 99.0 cm³/mol. The van der Waals surface area contributed by atoms with E-state index in [4.69, 9.17) is 0 Å². The fraction of sp³-hybridized carbons (Fsp3) is 0.167. The van der Waals surface area contributed by atoms with Crippen LogP contribution in [0.4, 0.5) is 37.7 Å². The minimum absolute atomic E-state index is 0.233. The Bertz CT molecular complexity index is 1060. The first-order chi connectivity index (χ1) is 13.6. The Morgan fingerprint density at radius 1 is 0.867 bits per heavy atom. The van der Waals surface area contributed by atoms with Crippen molar-refractivity contribution in [3.8, 4) is 0 Å². The molecule has 0 saturated heterocycles. The SMILES string of the molecule is CS(=O)(=O)Nc1ccc(C(F)(F)F)cc1NC(=O)C=Cc1ccc(C(F)(F)F)cc1. The third-order valence-corrected chi connectivity index (χ3v) is 4.16. The number of alkyl halides is 6. The van der Waals surface area contributed by atoms with Gasteiger partial charge in [0.25, 0.3) is 0 Å². The Morgan fingerprint density at radius 2 is 1.40 bits per heavy atom. The van der Waals surface area contributed by atoms with Crippen molar-refractivity contribution < 1.29 is 39.6 Å². The van der Waals surface area contributed by atoms with Crippen molar-refractivity contribution in [3.05, 3.63) is 65.2 Å². The second kappa shape index (κ2) is 8.38. The van der Waals surface area contributed by atoms with E-state index in [0.29, 0.717) is 12.1 Å². The smallest absolute Gasteiger partial charge is 0.321 e. The van der Waals surface area contributed by atoms with Gasteiger partial charge in [-0.3, -0.25) is 9.52 Å². The first kappa shape index (κ1) is 23.3. The lowest BCUT2D eigenvalue weighted by Crippen LogP contribution is -2.16. The number of amides is 1. The number of halogens is 6. The molecule has 0 bridgehead atoms. The summed E-state index contributed by atoms with van der Waals surface area (Å²) in [5.41, 5.74) is -2.51. The molecule has 5 nitrogen and oxygen atoms in total. The van der Waals surface area contributed by atoms with Crippen molar-refractivity contribution in [1.82, 2.24) is 0 Å². The van der Waals surface area contributed by atoms with E-state index in [0.717, 1.165) is 48.7 Å². The van der Waals surface area contributed by atoms with Gasteiger partial charge in [0.1, 0.15) is 0 Å². The normalized spacial score (nSPS) is 12.8. The zero-order chi connectivity index (χ0) is 22.7. The van der Waals surface area contributed by atoms with Crippen molar-refractivity contribution >= 4 is 33.4 Å². The van der Waals surface area contributed by atoms with E-state index in [1.165, 1.54) is 0 Å². The molecule has 0 spiro atoms. The van der Waals surface area contributed by atoms with E-state index in [9.17, 15) is 39.6 Å². The molecule has 2 N–H and O–H groups in total. The van der Waals surface area contributed by atoms with Gasteiger partial charge in [0.15, 0.2) is 0 Å². The van der Waals surface area contributed by atoms with Crippen LogP contribution >= 0.6 is 0 Å². The molecule has 0 aliphatic rings. The summed E-state index contributed by atoms with van der Waals surface area (Å²) in [5, 5.41) is 2.12. The zero-order valence-electron chi connectivity index (χ0n) is 15.1. The lowest BCUT2D eigenvalue weighted by Gasteiger charge is -2.14. The highest BCUT2D eigenvalue weighted by Crippen LogP contribution is 2.34. The van der Waals surface area contributed by atoms with Gasteiger partial charge >= 0.3 is 12.4 Å². The lowest BCUT2D eigenvalue weighted by molar-refractivity contribution is -0.138. The molecular weight excluding hydrogens is 438 g/mol. The summed E-state index contributed by atoms with van der Waals surface area (Å²) in [5.74, 6) is -0.925. The van der Waals surface area contributed by atoms with Crippen LogP contribution in [0.3, 0.4) is 0 Å². The molecule has 162 valence electrons. The summed E-state index contributed by atoms with van der Waals surface area (Å²) >= 11 is 0. The van der Waals surface area contributed by atoms with Crippen molar-refractivity contribution in [2.75, 3.05) is 16.3 Å². The highest BCUT2D eigenvalue weighted by molar-refractivity contribution is 7.92. The summed E-state index contributed by atoms with van der Waals surface area (Å²) in [4.78, 5) is 12.1. The molecule has 0 unspecified atom stereocenters. The minimum Gasteiger partial charge on any atom is -0.321 e. The molecule has 12 heteroatoms. The number of hydrogen-bond acceptors (Lipinski definition) is 3. The molecular formula is C18H14F6N2O3S. The maximum Gasteiger partial charge on any atom is 0.416 e. The highest BCUT2D eigenvalue weighted by Gasteiger charge is 2.31. The third-order valence-electron chi connectivity index (χ3n) is 3.57. The van der Waals surface area contributed by atoms with Crippen LogP contribution in [0.15, 0.2) is 48.5 Å². The number of sulfonamides is 1. The number of anilines is 2. The maximum absolute atomic E-state index is 12.9. The first-order valence-corrected chi connectivity index (χ1v) is 9.90. The van der Waals surface area contributed by atoms with Gasteiger partial charge in [0.2, 0.25) is 15.9 Å². The Kier molecular flexibility index (Phi) is 6.50. The van der Waals surface area contributed by atoms with Crippen LogP contribution in [0.1, 0.15) is 16.7 Å². The number of carbonyl (C=O) groups is 1. The third kappa shape index (κ3) is 6.79. The molecule has 0 heterocycles. The van der Waals surface area contributed by atoms with Crippen molar-refractivity contribution in [3.63, 3.8) is 0 Å². The molecule has 2 aromatic rings. The van der Waals surface area contributed by atoms with Gasteiger partial charge in [-0.25, -0.2) is 8.42 Å². The minimum atomic E-state index is -4.74. The molecule has 0 fully saturated rings. The Hall–Kier alpha value is -3.02. The largest absolute Gasteiger partial charge is 0.416 e. The van der Waals surface area contributed by atoms with E-state index < -0.39 is 45.1 Å². The number of benzene rings is 2. The van der Waals surface area contributed by atoms with Crippen LogP contribution in [-0.4, -0.2) is 20.6 Å². The lowest BCUT2D eigenvalue weighted by atomic mass is 10.1. The Balaban J connectivity index is 2.24. The van der Waals surface area contributed by atoms with Gasteiger partial charge < -0.3 is 5.32 Å². The molecule has 0 saturated carbocycles. The Morgan fingerprint density at radius 3 is 1.90 bits per heavy atom. The van der Waals surface area contributed by atoms with Gasteiger partial charge in [-0.2, -0.15) is 26.3 Å². The molecule has 0 aliphatic carbocycles. The van der Waals surface area contributed by atoms with Crippen LogP contribution in [0, 0.1) is 0 Å². The fourth-order valence-corrected chi connectivity index (χ4v) is 2.82. The second-order valence-corrected chi connectivity index (χ2v) is 7.82. The van der Waals surface area contributed by atoms with Crippen LogP contribution in [0.5, 0.6) is 0 Å². The van der Waals surface area contributed by atoms with Gasteiger partial charge in [0, 0.05) is 6.08 Å². The molecule has 2 aromatic carbocycles. The van der Waals surface area contributed by atoms with Crippen LogP contribution in [0.25, 0.3) is 6.08 Å². The summed E-state index contributed by atoms with van der Waals surface area (Å²) in [6.07, 6.45) is -6.45. The number of hydrogen-bond donors (Lipinski definition) is 2. The monoisotopic (exact) mass is 452 g/mol. The Labute approximate surface area is 167 Å². The summed E-state index contributed by atoms with van der Waals surface area (Å²) in [7, 11) is -3.85. The van der Waals surface area contributed by atoms with Crippen molar-refractivity contribution in [1.29, 1.82) is 0 Å². The molecule has 0 aromatic heterocycles. The summed E-state index contributed by atoms with van der Waals surface area (Å²) in [6.45, 7) is 0. The highest BCUT2D eigenvalue weighted by atomic mass is 32.2. The first-order valence-electron chi connectivity index (χ1n) is 8.00. The predicted octanol–water partition coefficient (Wildman–Crippen LogP) is 4.75. The zero-order valence-corrected chi connectivity index (χ0v) is 15.9. The van der Waals surface area contributed by atoms with E-state index in [-0.39, 0.29) is 11.3 Å². The average molecular weight is 452 g/mol. The van der Waals surface area contributed by atoms with Crippen molar-refractivity contribution in [2.24, 2.45) is 0 Å². The number of rotatable bonds is 5. The standard InChI is InChI=1S/C18H14F6N2O3S/c1-30(28,29)26-14-8-7-13(18(22,23)24)10-15(14)25-16(27)9-4-11-2-5-12(6-3-11)17(19,20)21/h2-10,26H,1H3,(H,25,27). The van der Waals surface area contributed by atoms with Gasteiger partial charge in [0.05, 0.1) is 28.8 Å². The molecule has 30 heavy (non-hydrogen) atoms. The molecule has 0 atom stereocenters. The quantitative estimate of drug-likeness (QED) is 0.508.